The molecule has 0 spiro atoms. The Morgan fingerprint density at radius 2 is 1.87 bits per heavy atom. The van der Waals surface area contributed by atoms with Crippen molar-refractivity contribution in [1.29, 1.82) is 0 Å². The second-order valence-electron chi connectivity index (χ2n) is 4.71. The molecule has 2 nitrogen and oxygen atoms in total. The monoisotopic (exact) mass is 214 g/mol. The van der Waals surface area contributed by atoms with E-state index in [1.165, 1.54) is 32.1 Å². The molecule has 0 aromatic heterocycles. The lowest BCUT2D eigenvalue weighted by Crippen LogP contribution is -2.26. The first kappa shape index (κ1) is 13.0. The largest absolute Gasteiger partial charge is 0.353 e. The molecule has 0 aromatic carbocycles. The number of hydrogen-bond donors (Lipinski definition) is 0. The third kappa shape index (κ3) is 6.16. The normalized spacial score (nSPS) is 20.4. The van der Waals surface area contributed by atoms with E-state index in [2.05, 4.69) is 13.8 Å². The van der Waals surface area contributed by atoms with Crippen LogP contribution in [0.2, 0.25) is 0 Å². The minimum atomic E-state index is 0.0833. The Bertz CT molecular complexity index is 141. The molecular formula is C13H26O2. The standard InChI is InChI=1S/C13H26O2/c1-3-4-5-6-8-12(2)11-13-14-9-7-10-15-13/h12-13H,3-11H2,1-2H3. The lowest BCUT2D eigenvalue weighted by atomic mass is 9.99. The van der Waals surface area contributed by atoms with Gasteiger partial charge in [-0.2, -0.15) is 0 Å². The molecule has 1 saturated heterocycles. The zero-order valence-electron chi connectivity index (χ0n) is 10.3. The Kier molecular flexibility index (Phi) is 7.03. The molecule has 1 unspecified atom stereocenters. The molecule has 0 N–H and O–H groups in total. The van der Waals surface area contributed by atoms with E-state index in [0.29, 0.717) is 0 Å². The van der Waals surface area contributed by atoms with Crippen molar-refractivity contribution in [2.45, 2.75) is 65.1 Å². The number of rotatable bonds is 7. The van der Waals surface area contributed by atoms with Crippen LogP contribution in [0.25, 0.3) is 0 Å². The zero-order chi connectivity index (χ0) is 10.9. The Labute approximate surface area is 94.3 Å². The molecule has 1 heterocycles. The Hall–Kier alpha value is -0.0800. The Morgan fingerprint density at radius 3 is 2.53 bits per heavy atom. The summed E-state index contributed by atoms with van der Waals surface area (Å²) >= 11 is 0. The van der Waals surface area contributed by atoms with E-state index in [4.69, 9.17) is 9.47 Å². The van der Waals surface area contributed by atoms with Crippen LogP contribution in [0.1, 0.15) is 58.8 Å². The van der Waals surface area contributed by atoms with E-state index < -0.39 is 0 Å². The molecule has 0 saturated carbocycles. The number of hydrogen-bond acceptors (Lipinski definition) is 2. The number of ether oxygens (including phenoxy) is 2. The van der Waals surface area contributed by atoms with Crippen molar-refractivity contribution in [3.63, 3.8) is 0 Å². The predicted octanol–water partition coefficient (Wildman–Crippen LogP) is 3.75. The van der Waals surface area contributed by atoms with E-state index in [9.17, 15) is 0 Å². The van der Waals surface area contributed by atoms with E-state index >= 15 is 0 Å². The zero-order valence-corrected chi connectivity index (χ0v) is 10.3. The van der Waals surface area contributed by atoms with Gasteiger partial charge < -0.3 is 9.47 Å². The summed E-state index contributed by atoms with van der Waals surface area (Å²) in [4.78, 5) is 0. The van der Waals surface area contributed by atoms with Gasteiger partial charge in [0.1, 0.15) is 0 Å². The highest BCUT2D eigenvalue weighted by atomic mass is 16.7. The average Bonchev–Trinajstić information content (AvgIpc) is 2.26. The molecule has 0 aliphatic carbocycles. The molecule has 1 aliphatic heterocycles. The summed E-state index contributed by atoms with van der Waals surface area (Å²) in [5.41, 5.74) is 0. The fraction of sp³-hybridized carbons (Fsp3) is 1.00. The lowest BCUT2D eigenvalue weighted by molar-refractivity contribution is -0.186. The summed E-state index contributed by atoms with van der Waals surface area (Å²) in [7, 11) is 0. The van der Waals surface area contributed by atoms with Gasteiger partial charge in [-0.15, -0.1) is 0 Å². The van der Waals surface area contributed by atoms with Gasteiger partial charge in [-0.3, -0.25) is 0 Å². The van der Waals surface area contributed by atoms with Crippen LogP contribution in [0.3, 0.4) is 0 Å². The minimum absolute atomic E-state index is 0.0833. The molecule has 2 heteroatoms. The summed E-state index contributed by atoms with van der Waals surface area (Å²) in [6, 6.07) is 0. The van der Waals surface area contributed by atoms with Gasteiger partial charge >= 0.3 is 0 Å². The third-order valence-corrected chi connectivity index (χ3v) is 3.04. The highest BCUT2D eigenvalue weighted by Gasteiger charge is 2.16. The maximum Gasteiger partial charge on any atom is 0.157 e. The topological polar surface area (TPSA) is 18.5 Å². The second-order valence-corrected chi connectivity index (χ2v) is 4.71. The Morgan fingerprint density at radius 1 is 1.13 bits per heavy atom. The van der Waals surface area contributed by atoms with Crippen molar-refractivity contribution >= 4 is 0 Å². The summed E-state index contributed by atoms with van der Waals surface area (Å²) < 4.78 is 11.1. The van der Waals surface area contributed by atoms with Gasteiger partial charge in [0, 0.05) is 6.42 Å². The van der Waals surface area contributed by atoms with Gasteiger partial charge in [-0.25, -0.2) is 0 Å². The van der Waals surface area contributed by atoms with Crippen molar-refractivity contribution < 1.29 is 9.47 Å². The Balaban J connectivity index is 1.98. The van der Waals surface area contributed by atoms with Gasteiger partial charge in [0.05, 0.1) is 13.2 Å². The second kappa shape index (κ2) is 8.12. The smallest absolute Gasteiger partial charge is 0.157 e. The molecule has 1 aliphatic rings. The van der Waals surface area contributed by atoms with Crippen molar-refractivity contribution in [3.05, 3.63) is 0 Å². The van der Waals surface area contributed by atoms with E-state index in [0.717, 1.165) is 32.0 Å². The molecule has 1 fully saturated rings. The van der Waals surface area contributed by atoms with Crippen LogP contribution in [0.5, 0.6) is 0 Å². The molecule has 90 valence electrons. The first-order valence-electron chi connectivity index (χ1n) is 6.56. The van der Waals surface area contributed by atoms with Gasteiger partial charge in [-0.1, -0.05) is 46.0 Å². The van der Waals surface area contributed by atoms with E-state index in [1.54, 1.807) is 0 Å². The molecule has 1 atom stereocenters. The first-order chi connectivity index (χ1) is 7.33. The maximum atomic E-state index is 5.55. The van der Waals surface area contributed by atoms with Gasteiger partial charge in [0.15, 0.2) is 6.29 Å². The summed E-state index contributed by atoms with van der Waals surface area (Å²) in [5, 5.41) is 0. The fourth-order valence-electron chi connectivity index (χ4n) is 2.04. The van der Waals surface area contributed by atoms with E-state index in [-0.39, 0.29) is 6.29 Å². The van der Waals surface area contributed by atoms with Crippen LogP contribution in [0.15, 0.2) is 0 Å². The molecular weight excluding hydrogens is 188 g/mol. The van der Waals surface area contributed by atoms with Crippen LogP contribution in [0.4, 0.5) is 0 Å². The van der Waals surface area contributed by atoms with Crippen LogP contribution < -0.4 is 0 Å². The molecule has 0 radical (unpaired) electrons. The predicted molar refractivity (Wildman–Crippen MR) is 62.8 cm³/mol. The average molecular weight is 214 g/mol. The highest BCUT2D eigenvalue weighted by Crippen LogP contribution is 2.19. The van der Waals surface area contributed by atoms with Gasteiger partial charge in [0.2, 0.25) is 0 Å². The summed E-state index contributed by atoms with van der Waals surface area (Å²) in [5.74, 6) is 0.741. The van der Waals surface area contributed by atoms with Crippen molar-refractivity contribution in [2.24, 2.45) is 5.92 Å². The van der Waals surface area contributed by atoms with Gasteiger partial charge in [0.25, 0.3) is 0 Å². The van der Waals surface area contributed by atoms with E-state index in [1.807, 2.05) is 0 Å². The third-order valence-electron chi connectivity index (χ3n) is 3.04. The van der Waals surface area contributed by atoms with Crippen LogP contribution in [0, 0.1) is 5.92 Å². The van der Waals surface area contributed by atoms with Crippen molar-refractivity contribution in [1.82, 2.24) is 0 Å². The first-order valence-corrected chi connectivity index (χ1v) is 6.56. The van der Waals surface area contributed by atoms with Crippen LogP contribution >= 0.6 is 0 Å². The summed E-state index contributed by atoms with van der Waals surface area (Å²) in [6.45, 7) is 6.33. The van der Waals surface area contributed by atoms with Crippen LogP contribution in [-0.2, 0) is 9.47 Å². The SMILES string of the molecule is CCCCCCC(C)CC1OCCCO1. The van der Waals surface area contributed by atoms with Crippen molar-refractivity contribution in [2.75, 3.05) is 13.2 Å². The molecule has 1 rings (SSSR count). The summed E-state index contributed by atoms with van der Waals surface area (Å²) in [6.07, 6.45) is 8.98. The van der Waals surface area contributed by atoms with Crippen molar-refractivity contribution in [3.8, 4) is 0 Å². The maximum absolute atomic E-state index is 5.55. The molecule has 0 amide bonds. The highest BCUT2D eigenvalue weighted by molar-refractivity contribution is 4.59. The van der Waals surface area contributed by atoms with Gasteiger partial charge in [-0.05, 0) is 12.3 Å². The lowest BCUT2D eigenvalue weighted by Gasteiger charge is -2.25. The quantitative estimate of drug-likeness (QED) is 0.601. The molecule has 15 heavy (non-hydrogen) atoms. The number of unbranched alkanes of at least 4 members (excludes halogenated alkanes) is 3. The van der Waals surface area contributed by atoms with Crippen LogP contribution in [-0.4, -0.2) is 19.5 Å². The molecule has 0 bridgehead atoms. The minimum Gasteiger partial charge on any atom is -0.353 e. The fourth-order valence-corrected chi connectivity index (χ4v) is 2.04. The molecule has 0 aromatic rings.